The fourth-order valence-corrected chi connectivity index (χ4v) is 3.56. The molecule has 0 radical (unpaired) electrons. The molecule has 1 amide bonds. The summed E-state index contributed by atoms with van der Waals surface area (Å²) in [7, 11) is 0. The Bertz CT molecular complexity index is 368. The van der Waals surface area contributed by atoms with Crippen LogP contribution in [0, 0.1) is 11.3 Å². The lowest BCUT2D eigenvalue weighted by Gasteiger charge is -2.27. The van der Waals surface area contributed by atoms with Crippen LogP contribution in [0.3, 0.4) is 0 Å². The van der Waals surface area contributed by atoms with Gasteiger partial charge in [0.15, 0.2) is 0 Å². The largest absolute Gasteiger partial charge is 0.385 e. The highest BCUT2D eigenvalue weighted by atomic mass is 16.5. The van der Waals surface area contributed by atoms with Gasteiger partial charge >= 0.3 is 0 Å². The molecule has 19 heavy (non-hydrogen) atoms. The van der Waals surface area contributed by atoms with Gasteiger partial charge in [0, 0.05) is 25.5 Å². The first kappa shape index (κ1) is 13.3. The summed E-state index contributed by atoms with van der Waals surface area (Å²) in [5.74, 6) is 0.283. The number of carbonyl (C=O) groups is 1. The number of piperidine rings is 1. The average molecular weight is 268 g/mol. The lowest BCUT2D eigenvalue weighted by Crippen LogP contribution is -2.48. The average Bonchev–Trinajstić information content (AvgIpc) is 2.99. The summed E-state index contributed by atoms with van der Waals surface area (Å²) in [5.41, 5.74) is -0.623. The van der Waals surface area contributed by atoms with Crippen LogP contribution in [0.15, 0.2) is 0 Å². The maximum absolute atomic E-state index is 12.2. The quantitative estimate of drug-likeness (QED) is 0.675. The topological polar surface area (TPSA) is 70.6 Å². The molecule has 108 valence electrons. The molecule has 3 atom stereocenters. The van der Waals surface area contributed by atoms with Crippen LogP contribution in [0.4, 0.5) is 0 Å². The number of ether oxygens (including phenoxy) is 1. The molecule has 2 aliphatic heterocycles. The first-order valence-corrected chi connectivity index (χ1v) is 7.38. The van der Waals surface area contributed by atoms with E-state index in [1.807, 2.05) is 6.92 Å². The van der Waals surface area contributed by atoms with E-state index in [4.69, 9.17) is 4.74 Å². The maximum Gasteiger partial charge on any atom is 0.223 e. The summed E-state index contributed by atoms with van der Waals surface area (Å²) in [6, 6.07) is 0. The van der Waals surface area contributed by atoms with Gasteiger partial charge in [-0.3, -0.25) is 4.79 Å². The number of hydrogen-bond donors (Lipinski definition) is 3. The zero-order chi connectivity index (χ0) is 13.5. The molecule has 5 nitrogen and oxygen atoms in total. The number of nitrogens with one attached hydrogen (secondary N) is 2. The minimum atomic E-state index is -0.883. The second-order valence-corrected chi connectivity index (χ2v) is 6.45. The first-order chi connectivity index (χ1) is 9.06. The normalized spacial score (nSPS) is 40.3. The van der Waals surface area contributed by atoms with E-state index in [1.165, 1.54) is 0 Å². The fourth-order valence-electron chi connectivity index (χ4n) is 3.56. The standard InChI is InChI=1S/C14H24N2O3/c1-10-14(18,4-7-19-10)9-16-12(17)11-8-13(11)2-5-15-6-3-13/h10-11,15,18H,2-9H2,1H3,(H,16,17). The number of carbonyl (C=O) groups excluding carboxylic acids is 1. The van der Waals surface area contributed by atoms with Crippen molar-refractivity contribution < 1.29 is 14.6 Å². The van der Waals surface area contributed by atoms with Gasteiger partial charge in [-0.25, -0.2) is 0 Å². The molecular weight excluding hydrogens is 244 g/mol. The van der Waals surface area contributed by atoms with Crippen molar-refractivity contribution in [2.24, 2.45) is 11.3 Å². The third-order valence-corrected chi connectivity index (χ3v) is 5.33. The molecule has 0 aromatic heterocycles. The van der Waals surface area contributed by atoms with Crippen molar-refractivity contribution >= 4 is 5.91 Å². The molecule has 1 aliphatic carbocycles. The predicted molar refractivity (Wildman–Crippen MR) is 70.6 cm³/mol. The first-order valence-electron chi connectivity index (χ1n) is 7.38. The number of aliphatic hydroxyl groups is 1. The molecule has 1 spiro atoms. The summed E-state index contributed by atoms with van der Waals surface area (Å²) in [6.45, 7) is 4.81. The van der Waals surface area contributed by atoms with Crippen LogP contribution < -0.4 is 10.6 Å². The van der Waals surface area contributed by atoms with E-state index in [0.29, 0.717) is 19.6 Å². The van der Waals surface area contributed by atoms with Gasteiger partial charge in [0.05, 0.1) is 6.10 Å². The smallest absolute Gasteiger partial charge is 0.223 e. The van der Waals surface area contributed by atoms with Gasteiger partial charge in [0.1, 0.15) is 5.60 Å². The van der Waals surface area contributed by atoms with Crippen molar-refractivity contribution in [2.75, 3.05) is 26.2 Å². The Morgan fingerprint density at radius 2 is 2.16 bits per heavy atom. The number of hydrogen-bond acceptors (Lipinski definition) is 4. The van der Waals surface area contributed by atoms with Gasteiger partial charge in [0.25, 0.3) is 0 Å². The predicted octanol–water partition coefficient (Wildman–Crippen LogP) is 0.0322. The Balaban J connectivity index is 1.50. The molecule has 3 N–H and O–H groups in total. The van der Waals surface area contributed by atoms with Gasteiger partial charge < -0.3 is 20.5 Å². The van der Waals surface area contributed by atoms with Crippen LogP contribution in [0.25, 0.3) is 0 Å². The molecule has 3 aliphatic rings. The van der Waals surface area contributed by atoms with E-state index in [-0.39, 0.29) is 23.3 Å². The zero-order valence-electron chi connectivity index (χ0n) is 11.6. The maximum atomic E-state index is 12.2. The highest BCUT2D eigenvalue weighted by Gasteiger charge is 2.57. The van der Waals surface area contributed by atoms with E-state index in [1.54, 1.807) is 0 Å². The van der Waals surface area contributed by atoms with Crippen molar-refractivity contribution in [3.05, 3.63) is 0 Å². The molecule has 2 heterocycles. The van der Waals surface area contributed by atoms with Crippen molar-refractivity contribution in [3.8, 4) is 0 Å². The Kier molecular flexibility index (Phi) is 3.31. The Hall–Kier alpha value is -0.650. The summed E-state index contributed by atoms with van der Waals surface area (Å²) in [4.78, 5) is 12.2. The Morgan fingerprint density at radius 3 is 2.79 bits per heavy atom. The zero-order valence-corrected chi connectivity index (χ0v) is 11.6. The lowest BCUT2D eigenvalue weighted by molar-refractivity contribution is -0.125. The van der Waals surface area contributed by atoms with E-state index >= 15 is 0 Å². The van der Waals surface area contributed by atoms with Crippen LogP contribution in [0.1, 0.15) is 32.6 Å². The van der Waals surface area contributed by atoms with Gasteiger partial charge in [-0.05, 0) is 44.7 Å². The fraction of sp³-hybridized carbons (Fsp3) is 0.929. The molecule has 0 bridgehead atoms. The van der Waals surface area contributed by atoms with Gasteiger partial charge in [0.2, 0.25) is 5.91 Å². The van der Waals surface area contributed by atoms with Crippen LogP contribution in [0.5, 0.6) is 0 Å². The molecule has 5 heteroatoms. The van der Waals surface area contributed by atoms with Crippen LogP contribution in [-0.2, 0) is 9.53 Å². The van der Waals surface area contributed by atoms with E-state index < -0.39 is 5.60 Å². The second kappa shape index (κ2) is 4.72. The van der Waals surface area contributed by atoms with Crippen LogP contribution in [0.2, 0.25) is 0 Å². The highest BCUT2D eigenvalue weighted by molar-refractivity contribution is 5.82. The second-order valence-electron chi connectivity index (χ2n) is 6.45. The van der Waals surface area contributed by atoms with Gasteiger partial charge in [-0.1, -0.05) is 0 Å². The third-order valence-electron chi connectivity index (χ3n) is 5.33. The van der Waals surface area contributed by atoms with Crippen LogP contribution in [-0.4, -0.2) is 49.0 Å². The third kappa shape index (κ3) is 2.39. The molecule has 2 saturated heterocycles. The minimum Gasteiger partial charge on any atom is -0.385 e. The Morgan fingerprint density at radius 1 is 1.42 bits per heavy atom. The van der Waals surface area contributed by atoms with Gasteiger partial charge in [-0.15, -0.1) is 0 Å². The number of rotatable bonds is 3. The molecule has 3 fully saturated rings. The number of amides is 1. The molecule has 3 unspecified atom stereocenters. The Labute approximate surface area is 114 Å². The summed E-state index contributed by atoms with van der Waals surface area (Å²) in [5, 5.41) is 16.6. The molecule has 0 aromatic rings. The minimum absolute atomic E-state index is 0.120. The monoisotopic (exact) mass is 268 g/mol. The summed E-state index contributed by atoms with van der Waals surface area (Å²) in [6.07, 6.45) is 3.64. The van der Waals surface area contributed by atoms with Crippen molar-refractivity contribution in [1.29, 1.82) is 0 Å². The van der Waals surface area contributed by atoms with Gasteiger partial charge in [-0.2, -0.15) is 0 Å². The lowest BCUT2D eigenvalue weighted by atomic mass is 9.91. The van der Waals surface area contributed by atoms with Crippen molar-refractivity contribution in [2.45, 2.75) is 44.3 Å². The van der Waals surface area contributed by atoms with Crippen molar-refractivity contribution in [1.82, 2.24) is 10.6 Å². The molecule has 3 rings (SSSR count). The molecule has 0 aromatic carbocycles. The van der Waals surface area contributed by atoms with E-state index in [2.05, 4.69) is 10.6 Å². The van der Waals surface area contributed by atoms with Crippen molar-refractivity contribution in [3.63, 3.8) is 0 Å². The summed E-state index contributed by atoms with van der Waals surface area (Å²) < 4.78 is 5.38. The van der Waals surface area contributed by atoms with E-state index in [0.717, 1.165) is 32.4 Å². The SMILES string of the molecule is CC1OCCC1(O)CNC(=O)C1CC12CCNCC2. The summed E-state index contributed by atoms with van der Waals surface area (Å²) >= 11 is 0. The van der Waals surface area contributed by atoms with E-state index in [9.17, 15) is 9.90 Å². The molecule has 1 saturated carbocycles. The molecular formula is C14H24N2O3. The van der Waals surface area contributed by atoms with Crippen LogP contribution >= 0.6 is 0 Å². The highest BCUT2D eigenvalue weighted by Crippen LogP contribution is 2.58.